The summed E-state index contributed by atoms with van der Waals surface area (Å²) in [6, 6.07) is 11.5. The SMILES string of the molecule is CO[C@@]1(CN2CC(CO)(CO)C2)/C=C/C[C@H](C)[C@@H](C)S(=O)(=O)NC(=O)c2ccc3c(c2)N(C[C@@H]2CC[C@H]21)C[C@@]1(CCCc2cc(Cl)ccc21)CO3. The zero-order chi connectivity index (χ0) is 36.2. The second kappa shape index (κ2) is 14.0. The summed E-state index contributed by atoms with van der Waals surface area (Å²) in [5.41, 5.74) is 2.07. The number of hydrogen-bond acceptors (Lipinski definition) is 9. The number of halogens is 1. The van der Waals surface area contributed by atoms with Crippen molar-refractivity contribution in [3.05, 3.63) is 70.3 Å². The van der Waals surface area contributed by atoms with E-state index in [1.54, 1.807) is 26.2 Å². The topological polar surface area (TPSA) is 129 Å². The quantitative estimate of drug-likeness (QED) is 0.378. The number of carbonyl (C=O) groups is 1. The maximum Gasteiger partial charge on any atom is 0.264 e. The van der Waals surface area contributed by atoms with Gasteiger partial charge < -0.3 is 24.6 Å². The van der Waals surface area contributed by atoms with E-state index in [0.717, 1.165) is 42.8 Å². The Balaban J connectivity index is 1.30. The van der Waals surface area contributed by atoms with Crippen LogP contribution in [-0.2, 0) is 26.6 Å². The van der Waals surface area contributed by atoms with E-state index in [1.807, 2.05) is 25.1 Å². The molecule has 1 saturated heterocycles. The molecule has 2 aromatic carbocycles. The van der Waals surface area contributed by atoms with Crippen LogP contribution in [0.5, 0.6) is 5.75 Å². The van der Waals surface area contributed by atoms with Crippen LogP contribution >= 0.6 is 11.6 Å². The lowest BCUT2D eigenvalue weighted by Gasteiger charge is -2.55. The number of sulfonamides is 1. The van der Waals surface area contributed by atoms with E-state index in [0.29, 0.717) is 51.5 Å². The van der Waals surface area contributed by atoms with Gasteiger partial charge in [0.25, 0.3) is 5.91 Å². The van der Waals surface area contributed by atoms with Gasteiger partial charge in [0.2, 0.25) is 10.0 Å². The maximum atomic E-state index is 13.6. The van der Waals surface area contributed by atoms with Crippen molar-refractivity contribution in [1.82, 2.24) is 9.62 Å². The minimum absolute atomic E-state index is 0.0716. The molecule has 2 fully saturated rings. The zero-order valence-corrected chi connectivity index (χ0v) is 31.5. The van der Waals surface area contributed by atoms with Gasteiger partial charge in [-0.05, 0) is 105 Å². The lowest BCUT2D eigenvalue weighted by atomic mass is 9.63. The van der Waals surface area contributed by atoms with E-state index < -0.39 is 32.2 Å². The largest absolute Gasteiger partial charge is 0.490 e. The molecule has 3 heterocycles. The van der Waals surface area contributed by atoms with Gasteiger partial charge in [0.05, 0.1) is 30.8 Å². The molecule has 278 valence electrons. The number of aryl methyl sites for hydroxylation is 1. The summed E-state index contributed by atoms with van der Waals surface area (Å²) in [4.78, 5) is 18.2. The number of nitrogens with zero attached hydrogens (tertiary/aromatic N) is 2. The molecule has 51 heavy (non-hydrogen) atoms. The van der Waals surface area contributed by atoms with Crippen molar-refractivity contribution in [2.75, 3.05) is 64.6 Å². The van der Waals surface area contributed by atoms with Crippen LogP contribution in [0.3, 0.4) is 0 Å². The standard InChI is InChI=1S/C39H52ClN3O7S/c1-26-6-4-15-39(49-3,22-42-19-37(20-42,23-44)24-45)33-11-8-30(33)18-43-21-38(14-5-7-28-16-31(40)10-12-32(28)38)25-50-35-13-9-29(17-34(35)43)36(46)41-51(47,48)27(26)2/h4,9-10,12-13,15-17,26-27,30,33,44-45H,5-8,11,14,18-25H2,1-3H3,(H,41,46)/b15-4+/t26-,27+,30-,33+,38-,39+/m0/s1. The number of allylic oxidation sites excluding steroid dienone is 1. The number of aliphatic hydroxyl groups excluding tert-OH is 2. The third kappa shape index (κ3) is 6.72. The first-order valence-electron chi connectivity index (χ1n) is 18.4. The van der Waals surface area contributed by atoms with Crippen LogP contribution in [0.4, 0.5) is 5.69 Å². The van der Waals surface area contributed by atoms with Gasteiger partial charge in [-0.15, -0.1) is 0 Å². The Hall–Kier alpha value is -2.67. The third-order valence-corrected chi connectivity index (χ3v) is 15.0. The Morgan fingerprint density at radius 2 is 1.86 bits per heavy atom. The molecule has 3 N–H and O–H groups in total. The highest BCUT2D eigenvalue weighted by Crippen LogP contribution is 2.50. The predicted molar refractivity (Wildman–Crippen MR) is 198 cm³/mol. The first-order chi connectivity index (χ1) is 24.4. The van der Waals surface area contributed by atoms with E-state index in [2.05, 4.69) is 32.7 Å². The van der Waals surface area contributed by atoms with Crippen LogP contribution in [0.1, 0.15) is 67.4 Å². The van der Waals surface area contributed by atoms with Gasteiger partial charge in [0, 0.05) is 61.2 Å². The van der Waals surface area contributed by atoms with Crippen LogP contribution < -0.4 is 14.4 Å². The van der Waals surface area contributed by atoms with Gasteiger partial charge >= 0.3 is 0 Å². The lowest BCUT2D eigenvalue weighted by Crippen LogP contribution is -2.65. The number of carbonyl (C=O) groups excluding carboxylic acids is 1. The molecule has 0 radical (unpaired) electrons. The summed E-state index contributed by atoms with van der Waals surface area (Å²) < 4.78 is 42.6. The Morgan fingerprint density at radius 3 is 2.57 bits per heavy atom. The summed E-state index contributed by atoms with van der Waals surface area (Å²) in [5, 5.41) is 19.9. The Labute approximate surface area is 307 Å². The molecule has 0 unspecified atom stereocenters. The zero-order valence-electron chi connectivity index (χ0n) is 29.9. The minimum Gasteiger partial charge on any atom is -0.490 e. The van der Waals surface area contributed by atoms with Gasteiger partial charge in [-0.25, -0.2) is 13.1 Å². The molecule has 7 rings (SSSR count). The summed E-state index contributed by atoms with van der Waals surface area (Å²) in [7, 11) is -2.23. The van der Waals surface area contributed by atoms with Crippen LogP contribution in [0.25, 0.3) is 0 Å². The number of fused-ring (bicyclic) bond motifs is 4. The van der Waals surface area contributed by atoms with Crippen molar-refractivity contribution in [2.24, 2.45) is 23.2 Å². The monoisotopic (exact) mass is 741 g/mol. The Kier molecular flexibility index (Phi) is 10.0. The minimum atomic E-state index is -3.99. The molecule has 10 nitrogen and oxygen atoms in total. The summed E-state index contributed by atoms with van der Waals surface area (Å²) in [6.45, 7) is 7.00. The van der Waals surface area contributed by atoms with Crippen LogP contribution in [0, 0.1) is 23.2 Å². The molecular weight excluding hydrogens is 690 g/mol. The highest BCUT2D eigenvalue weighted by atomic mass is 35.5. The molecule has 1 saturated carbocycles. The first-order valence-corrected chi connectivity index (χ1v) is 20.3. The smallest absolute Gasteiger partial charge is 0.264 e. The highest BCUT2D eigenvalue weighted by Gasteiger charge is 2.52. The van der Waals surface area contributed by atoms with Crippen LogP contribution in [0.2, 0.25) is 5.02 Å². The number of benzene rings is 2. The van der Waals surface area contributed by atoms with Crippen molar-refractivity contribution >= 4 is 33.2 Å². The van der Waals surface area contributed by atoms with Crippen molar-refractivity contribution < 1.29 is 32.9 Å². The van der Waals surface area contributed by atoms with Crippen molar-refractivity contribution in [3.8, 4) is 5.75 Å². The maximum absolute atomic E-state index is 13.6. The number of rotatable bonds is 5. The molecule has 2 bridgehead atoms. The number of ether oxygens (including phenoxy) is 2. The first kappa shape index (κ1) is 36.7. The second-order valence-corrected chi connectivity index (χ2v) is 18.6. The average Bonchev–Trinajstić information content (AvgIpc) is 3.23. The van der Waals surface area contributed by atoms with Crippen LogP contribution in [-0.4, -0.2) is 99.9 Å². The average molecular weight is 742 g/mol. The Bertz CT molecular complexity index is 1780. The van der Waals surface area contributed by atoms with E-state index in [4.69, 9.17) is 21.1 Å². The molecule has 5 aliphatic rings. The number of methoxy groups -OCH3 is 1. The second-order valence-electron chi connectivity index (χ2n) is 16.1. The van der Waals surface area contributed by atoms with Crippen molar-refractivity contribution in [2.45, 2.75) is 68.6 Å². The fourth-order valence-electron chi connectivity index (χ4n) is 9.42. The molecule has 6 atom stereocenters. The van der Waals surface area contributed by atoms with Gasteiger partial charge in [0.1, 0.15) is 11.4 Å². The molecule has 1 spiro atoms. The number of amides is 1. The number of nitrogens with one attached hydrogen (secondary N) is 1. The number of likely N-dealkylation sites (tertiary alicyclic amines) is 1. The van der Waals surface area contributed by atoms with Crippen molar-refractivity contribution in [1.29, 1.82) is 0 Å². The molecule has 1 amide bonds. The molecular formula is C39H52ClN3O7S. The molecule has 3 aliphatic heterocycles. The van der Waals surface area contributed by atoms with Crippen LogP contribution in [0.15, 0.2) is 48.6 Å². The summed E-state index contributed by atoms with van der Waals surface area (Å²) in [6.07, 6.45) is 9.57. The molecule has 2 aliphatic carbocycles. The summed E-state index contributed by atoms with van der Waals surface area (Å²) in [5.74, 6) is 0.178. The fraction of sp³-hybridized carbons (Fsp3) is 0.615. The van der Waals surface area contributed by atoms with Gasteiger partial charge in [-0.2, -0.15) is 0 Å². The molecule has 12 heteroatoms. The van der Waals surface area contributed by atoms with Gasteiger partial charge in [-0.1, -0.05) is 36.7 Å². The van der Waals surface area contributed by atoms with E-state index in [1.165, 1.54) is 11.1 Å². The number of aliphatic hydroxyl groups is 2. The van der Waals surface area contributed by atoms with E-state index >= 15 is 0 Å². The predicted octanol–water partition coefficient (Wildman–Crippen LogP) is 4.56. The van der Waals surface area contributed by atoms with Gasteiger partial charge in [0.15, 0.2) is 0 Å². The van der Waals surface area contributed by atoms with Gasteiger partial charge in [-0.3, -0.25) is 9.69 Å². The number of anilines is 1. The van der Waals surface area contributed by atoms with E-state index in [-0.39, 0.29) is 41.9 Å². The lowest BCUT2D eigenvalue weighted by molar-refractivity contribution is -0.137. The number of hydrogen-bond donors (Lipinski definition) is 3. The molecule has 2 aromatic rings. The molecule has 0 aromatic heterocycles. The van der Waals surface area contributed by atoms with E-state index in [9.17, 15) is 23.4 Å². The van der Waals surface area contributed by atoms with Crippen molar-refractivity contribution in [3.63, 3.8) is 0 Å². The summed E-state index contributed by atoms with van der Waals surface area (Å²) >= 11 is 6.47. The fourth-order valence-corrected chi connectivity index (χ4v) is 10.9. The Morgan fingerprint density at radius 1 is 1.08 bits per heavy atom. The normalized spacial score (nSPS) is 33.8. The third-order valence-electron chi connectivity index (χ3n) is 12.9. The highest BCUT2D eigenvalue weighted by molar-refractivity contribution is 7.90.